The van der Waals surface area contributed by atoms with Crippen LogP contribution in [0.1, 0.15) is 37.3 Å². The van der Waals surface area contributed by atoms with Gasteiger partial charge in [-0.3, -0.25) is 4.79 Å². The van der Waals surface area contributed by atoms with Crippen LogP contribution in [0.15, 0.2) is 24.3 Å². The molecule has 86 valence electrons. The highest BCUT2D eigenvalue weighted by Crippen LogP contribution is 2.35. The second-order valence-corrected chi connectivity index (χ2v) is 4.80. The summed E-state index contributed by atoms with van der Waals surface area (Å²) in [5, 5.41) is 3.66. The molecular weight excluding hydrogens is 222 g/mol. The van der Waals surface area contributed by atoms with E-state index < -0.39 is 0 Å². The summed E-state index contributed by atoms with van der Waals surface area (Å²) >= 11 is 5.98. The molecule has 0 radical (unpaired) electrons. The van der Waals surface area contributed by atoms with Crippen molar-refractivity contribution in [3.8, 4) is 0 Å². The SMILES string of the molecule is O=CNC(c1cccc(Cl)c1)C1CCCC1. The molecule has 2 rings (SSSR count). The molecular formula is C13H16ClNO. The van der Waals surface area contributed by atoms with Crippen molar-refractivity contribution in [1.29, 1.82) is 0 Å². The van der Waals surface area contributed by atoms with Gasteiger partial charge in [-0.15, -0.1) is 0 Å². The monoisotopic (exact) mass is 237 g/mol. The van der Waals surface area contributed by atoms with Gasteiger partial charge in [-0.2, -0.15) is 0 Å². The van der Waals surface area contributed by atoms with Gasteiger partial charge in [-0.1, -0.05) is 36.6 Å². The average Bonchev–Trinajstić information content (AvgIpc) is 2.79. The third kappa shape index (κ3) is 2.56. The summed E-state index contributed by atoms with van der Waals surface area (Å²) in [5.74, 6) is 0.559. The van der Waals surface area contributed by atoms with Gasteiger partial charge in [0, 0.05) is 5.02 Å². The predicted octanol–water partition coefficient (Wildman–Crippen LogP) is 3.32. The van der Waals surface area contributed by atoms with Gasteiger partial charge in [0.25, 0.3) is 0 Å². The van der Waals surface area contributed by atoms with Crippen molar-refractivity contribution in [1.82, 2.24) is 5.32 Å². The molecule has 1 aliphatic carbocycles. The van der Waals surface area contributed by atoms with E-state index in [9.17, 15) is 4.79 Å². The molecule has 1 amide bonds. The second kappa shape index (κ2) is 5.35. The lowest BCUT2D eigenvalue weighted by Crippen LogP contribution is -2.25. The van der Waals surface area contributed by atoms with Crippen LogP contribution in [0.3, 0.4) is 0 Å². The van der Waals surface area contributed by atoms with Gasteiger partial charge < -0.3 is 5.32 Å². The minimum atomic E-state index is 0.124. The molecule has 0 saturated heterocycles. The molecule has 1 unspecified atom stereocenters. The van der Waals surface area contributed by atoms with E-state index in [1.807, 2.05) is 24.3 Å². The van der Waals surface area contributed by atoms with E-state index in [4.69, 9.17) is 11.6 Å². The van der Waals surface area contributed by atoms with Crippen LogP contribution in [0.4, 0.5) is 0 Å². The maximum atomic E-state index is 10.7. The minimum absolute atomic E-state index is 0.124. The Morgan fingerprint density at radius 2 is 2.12 bits per heavy atom. The Kier molecular flexibility index (Phi) is 3.83. The highest BCUT2D eigenvalue weighted by atomic mass is 35.5. The largest absolute Gasteiger partial charge is 0.352 e. The van der Waals surface area contributed by atoms with Crippen LogP contribution in [-0.2, 0) is 4.79 Å². The maximum Gasteiger partial charge on any atom is 0.207 e. The third-order valence-corrected chi connectivity index (χ3v) is 3.56. The van der Waals surface area contributed by atoms with Crippen LogP contribution >= 0.6 is 11.6 Å². The Hall–Kier alpha value is -1.02. The van der Waals surface area contributed by atoms with E-state index in [1.54, 1.807) is 0 Å². The molecule has 1 saturated carbocycles. The number of nitrogens with one attached hydrogen (secondary N) is 1. The van der Waals surface area contributed by atoms with Crippen molar-refractivity contribution >= 4 is 18.0 Å². The summed E-state index contributed by atoms with van der Waals surface area (Å²) in [6, 6.07) is 7.90. The molecule has 16 heavy (non-hydrogen) atoms. The Labute approximate surface area is 101 Å². The zero-order valence-corrected chi connectivity index (χ0v) is 9.91. The molecule has 2 nitrogen and oxygen atoms in total. The number of carbonyl (C=O) groups excluding carboxylic acids is 1. The topological polar surface area (TPSA) is 29.1 Å². The van der Waals surface area contributed by atoms with Crippen LogP contribution in [0.2, 0.25) is 5.02 Å². The van der Waals surface area contributed by atoms with Crippen LogP contribution in [0.25, 0.3) is 0 Å². The van der Waals surface area contributed by atoms with Gasteiger partial charge >= 0.3 is 0 Å². The van der Waals surface area contributed by atoms with Gasteiger partial charge in [0.05, 0.1) is 6.04 Å². The Bertz CT molecular complexity index is 361. The fourth-order valence-corrected chi connectivity index (χ4v) is 2.77. The third-order valence-electron chi connectivity index (χ3n) is 3.33. The van der Waals surface area contributed by atoms with Gasteiger partial charge in [-0.05, 0) is 36.5 Å². The molecule has 1 aromatic carbocycles. The lowest BCUT2D eigenvalue weighted by Gasteiger charge is -2.23. The van der Waals surface area contributed by atoms with E-state index in [-0.39, 0.29) is 6.04 Å². The van der Waals surface area contributed by atoms with E-state index >= 15 is 0 Å². The van der Waals surface area contributed by atoms with Crippen LogP contribution in [0, 0.1) is 5.92 Å². The molecule has 3 heteroatoms. The number of carbonyl (C=O) groups is 1. The molecule has 0 heterocycles. The average molecular weight is 238 g/mol. The van der Waals surface area contributed by atoms with Crippen LogP contribution < -0.4 is 5.32 Å². The van der Waals surface area contributed by atoms with Crippen molar-refractivity contribution < 1.29 is 4.79 Å². The predicted molar refractivity (Wildman–Crippen MR) is 65.4 cm³/mol. The van der Waals surface area contributed by atoms with Crippen molar-refractivity contribution in [3.05, 3.63) is 34.9 Å². The first kappa shape index (κ1) is 11.5. The summed E-state index contributed by atoms with van der Waals surface area (Å²) in [7, 11) is 0. The molecule has 1 atom stereocenters. The van der Waals surface area contributed by atoms with Gasteiger partial charge in [0.2, 0.25) is 6.41 Å². The van der Waals surface area contributed by atoms with Gasteiger partial charge in [-0.25, -0.2) is 0 Å². The van der Waals surface area contributed by atoms with Crippen molar-refractivity contribution in [3.63, 3.8) is 0 Å². The first-order chi connectivity index (χ1) is 7.81. The Morgan fingerprint density at radius 3 is 2.75 bits per heavy atom. The summed E-state index contributed by atoms with van der Waals surface area (Å²) in [6.07, 6.45) is 5.71. The highest BCUT2D eigenvalue weighted by Gasteiger charge is 2.25. The quantitative estimate of drug-likeness (QED) is 0.800. The van der Waals surface area contributed by atoms with E-state index in [0.29, 0.717) is 5.92 Å². The van der Waals surface area contributed by atoms with Crippen LogP contribution in [-0.4, -0.2) is 6.41 Å². The first-order valence-electron chi connectivity index (χ1n) is 5.76. The van der Waals surface area contributed by atoms with Gasteiger partial charge in [0.15, 0.2) is 0 Å². The number of hydrogen-bond donors (Lipinski definition) is 1. The van der Waals surface area contributed by atoms with Crippen LogP contribution in [0.5, 0.6) is 0 Å². The highest BCUT2D eigenvalue weighted by molar-refractivity contribution is 6.30. The van der Waals surface area contributed by atoms with Gasteiger partial charge in [0.1, 0.15) is 0 Å². The molecule has 0 bridgehead atoms. The number of hydrogen-bond acceptors (Lipinski definition) is 1. The zero-order valence-electron chi connectivity index (χ0n) is 9.16. The van der Waals surface area contributed by atoms with Crippen molar-refractivity contribution in [2.45, 2.75) is 31.7 Å². The molecule has 1 aliphatic rings. The van der Waals surface area contributed by atoms with E-state index in [2.05, 4.69) is 5.32 Å². The maximum absolute atomic E-state index is 10.7. The number of halogens is 1. The number of rotatable bonds is 4. The number of benzene rings is 1. The smallest absolute Gasteiger partial charge is 0.207 e. The first-order valence-corrected chi connectivity index (χ1v) is 6.14. The molecule has 0 aliphatic heterocycles. The lowest BCUT2D eigenvalue weighted by molar-refractivity contribution is -0.110. The fourth-order valence-electron chi connectivity index (χ4n) is 2.57. The summed E-state index contributed by atoms with van der Waals surface area (Å²) < 4.78 is 0. The molecule has 1 N–H and O–H groups in total. The zero-order chi connectivity index (χ0) is 11.4. The van der Waals surface area contributed by atoms with E-state index in [1.165, 1.54) is 25.7 Å². The fraction of sp³-hybridized carbons (Fsp3) is 0.462. The Morgan fingerprint density at radius 1 is 1.38 bits per heavy atom. The molecule has 1 fully saturated rings. The lowest BCUT2D eigenvalue weighted by atomic mass is 9.92. The van der Waals surface area contributed by atoms with Crippen molar-refractivity contribution in [2.75, 3.05) is 0 Å². The second-order valence-electron chi connectivity index (χ2n) is 4.36. The standard InChI is InChI=1S/C13H16ClNO/c14-12-7-3-6-11(8-12)13(15-9-16)10-4-1-2-5-10/h3,6-10,13H,1-2,4-5H2,(H,15,16). The molecule has 0 spiro atoms. The normalized spacial score (nSPS) is 18.3. The minimum Gasteiger partial charge on any atom is -0.352 e. The number of amides is 1. The van der Waals surface area contributed by atoms with Crippen molar-refractivity contribution in [2.24, 2.45) is 5.92 Å². The molecule has 1 aromatic rings. The summed E-state index contributed by atoms with van der Waals surface area (Å²) in [6.45, 7) is 0. The molecule has 0 aromatic heterocycles. The van der Waals surface area contributed by atoms with E-state index in [0.717, 1.165) is 17.0 Å². The summed E-state index contributed by atoms with van der Waals surface area (Å²) in [5.41, 5.74) is 1.12. The Balaban J connectivity index is 2.20. The summed E-state index contributed by atoms with van der Waals surface area (Å²) in [4.78, 5) is 10.7.